The summed E-state index contributed by atoms with van der Waals surface area (Å²) in [5, 5.41) is 12.2. The van der Waals surface area contributed by atoms with Crippen molar-refractivity contribution in [2.45, 2.75) is 24.4 Å². The minimum absolute atomic E-state index is 0.792. The second kappa shape index (κ2) is 6.39. The average Bonchev–Trinajstić information content (AvgIpc) is 2.99. The minimum Gasteiger partial charge on any atom is -0.303 e. The van der Waals surface area contributed by atoms with Crippen molar-refractivity contribution in [3.05, 3.63) is 36.4 Å². The van der Waals surface area contributed by atoms with Gasteiger partial charge in [-0.15, -0.1) is 10.2 Å². The third kappa shape index (κ3) is 2.71. The van der Waals surface area contributed by atoms with Gasteiger partial charge >= 0.3 is 0 Å². The number of hydrogen-bond donors (Lipinski definition) is 0. The summed E-state index contributed by atoms with van der Waals surface area (Å²) in [6.45, 7) is 3.59. The molecule has 2 aliphatic rings. The maximum absolute atomic E-state index is 4.85. The highest BCUT2D eigenvalue weighted by molar-refractivity contribution is 7.99. The second-order valence-electron chi connectivity index (χ2n) is 6.75. The number of fused-ring (bicyclic) bond motifs is 3. The maximum atomic E-state index is 4.85. The third-order valence-electron chi connectivity index (χ3n) is 5.17. The van der Waals surface area contributed by atoms with Gasteiger partial charge in [0.1, 0.15) is 11.4 Å². The zero-order chi connectivity index (χ0) is 16.6. The lowest BCUT2D eigenvalue weighted by Gasteiger charge is -2.25. The van der Waals surface area contributed by atoms with E-state index in [1.807, 2.05) is 0 Å². The Labute approximate surface area is 151 Å². The molecule has 0 bridgehead atoms. The van der Waals surface area contributed by atoms with E-state index >= 15 is 0 Å². The van der Waals surface area contributed by atoms with Crippen LogP contribution >= 0.6 is 11.8 Å². The molecule has 25 heavy (non-hydrogen) atoms. The monoisotopic (exact) mass is 348 g/mol. The SMILES string of the molecule is c1cc2c3c(cccc3c1)-c1nc(SCCN3CCCCC3)nnc1-2. The van der Waals surface area contributed by atoms with E-state index in [0.29, 0.717) is 0 Å². The minimum atomic E-state index is 0.792. The van der Waals surface area contributed by atoms with Crippen molar-refractivity contribution >= 4 is 22.5 Å². The van der Waals surface area contributed by atoms with Crippen LogP contribution in [0.5, 0.6) is 0 Å². The molecular formula is C20H20N4S. The van der Waals surface area contributed by atoms with Crippen molar-refractivity contribution in [3.63, 3.8) is 0 Å². The van der Waals surface area contributed by atoms with Crippen LogP contribution in [0, 0.1) is 0 Å². The van der Waals surface area contributed by atoms with Crippen LogP contribution < -0.4 is 0 Å². The molecule has 1 saturated heterocycles. The molecule has 0 atom stereocenters. The van der Waals surface area contributed by atoms with Crippen LogP contribution in [0.25, 0.3) is 33.3 Å². The lowest BCUT2D eigenvalue weighted by atomic mass is 10.0. The Morgan fingerprint density at radius 2 is 1.64 bits per heavy atom. The summed E-state index contributed by atoms with van der Waals surface area (Å²) in [4.78, 5) is 7.40. The predicted molar refractivity (Wildman–Crippen MR) is 103 cm³/mol. The number of rotatable bonds is 4. The standard InChI is InChI=1S/C20H20N4S/c1-2-10-24(11-3-1)12-13-25-20-21-18-15-8-4-6-14-7-5-9-16(17(14)15)19(18)22-23-20/h4-9H,1-3,10-13H2. The third-order valence-corrected chi connectivity index (χ3v) is 5.99. The molecule has 5 rings (SSSR count). The molecule has 0 unspecified atom stereocenters. The van der Waals surface area contributed by atoms with Gasteiger partial charge in [-0.25, -0.2) is 4.98 Å². The molecule has 4 nitrogen and oxygen atoms in total. The highest BCUT2D eigenvalue weighted by Crippen LogP contribution is 2.44. The molecule has 2 aromatic carbocycles. The Kier molecular flexibility index (Phi) is 3.91. The zero-order valence-electron chi connectivity index (χ0n) is 14.1. The van der Waals surface area contributed by atoms with Gasteiger partial charge in [0.15, 0.2) is 0 Å². The van der Waals surface area contributed by atoms with E-state index in [0.717, 1.165) is 34.4 Å². The van der Waals surface area contributed by atoms with Crippen LogP contribution in [-0.4, -0.2) is 45.5 Å². The molecule has 0 radical (unpaired) electrons. The molecule has 5 heteroatoms. The van der Waals surface area contributed by atoms with E-state index in [1.54, 1.807) is 11.8 Å². The van der Waals surface area contributed by atoms with Gasteiger partial charge in [0.05, 0.1) is 0 Å². The first kappa shape index (κ1) is 15.3. The number of benzene rings is 2. The topological polar surface area (TPSA) is 41.9 Å². The molecule has 1 aliphatic carbocycles. The fourth-order valence-corrected chi connectivity index (χ4v) is 4.71. The Balaban J connectivity index is 1.39. The van der Waals surface area contributed by atoms with E-state index < -0.39 is 0 Å². The first-order valence-electron chi connectivity index (χ1n) is 9.02. The lowest BCUT2D eigenvalue weighted by Crippen LogP contribution is -2.31. The van der Waals surface area contributed by atoms with Crippen LogP contribution in [0.1, 0.15) is 19.3 Å². The Hall–Kier alpha value is -1.98. The molecule has 0 N–H and O–H groups in total. The van der Waals surface area contributed by atoms with Crippen LogP contribution in [0.15, 0.2) is 41.6 Å². The molecule has 0 spiro atoms. The molecule has 1 fully saturated rings. The number of aromatic nitrogens is 3. The quantitative estimate of drug-likeness (QED) is 0.516. The van der Waals surface area contributed by atoms with Crippen LogP contribution in [0.3, 0.4) is 0 Å². The van der Waals surface area contributed by atoms with Gasteiger partial charge in [-0.2, -0.15) is 0 Å². The predicted octanol–water partition coefficient (Wildman–Crippen LogP) is 4.25. The fraction of sp³-hybridized carbons (Fsp3) is 0.350. The highest BCUT2D eigenvalue weighted by Gasteiger charge is 2.24. The zero-order valence-corrected chi connectivity index (χ0v) is 14.9. The summed E-state index contributed by atoms with van der Waals surface area (Å²) in [7, 11) is 0. The number of thioether (sulfide) groups is 1. The Morgan fingerprint density at radius 1 is 0.880 bits per heavy atom. The molecule has 0 saturated carbocycles. The molecule has 0 amide bonds. The van der Waals surface area contributed by atoms with Crippen molar-refractivity contribution < 1.29 is 0 Å². The van der Waals surface area contributed by atoms with Gasteiger partial charge in [0.2, 0.25) is 5.16 Å². The summed E-state index contributed by atoms with van der Waals surface area (Å²) in [5.74, 6) is 1.03. The number of hydrogen-bond acceptors (Lipinski definition) is 5. The fourth-order valence-electron chi connectivity index (χ4n) is 3.93. The van der Waals surface area contributed by atoms with Crippen molar-refractivity contribution in [3.8, 4) is 22.5 Å². The van der Waals surface area contributed by atoms with Crippen molar-refractivity contribution in [1.29, 1.82) is 0 Å². The summed E-state index contributed by atoms with van der Waals surface area (Å²) < 4.78 is 0. The molecule has 1 aromatic heterocycles. The van der Waals surface area contributed by atoms with Gasteiger partial charge < -0.3 is 4.90 Å². The van der Waals surface area contributed by atoms with Gasteiger partial charge in [0, 0.05) is 28.8 Å². The van der Waals surface area contributed by atoms with E-state index in [4.69, 9.17) is 4.98 Å². The van der Waals surface area contributed by atoms with E-state index in [-0.39, 0.29) is 0 Å². The van der Waals surface area contributed by atoms with Crippen LogP contribution in [-0.2, 0) is 0 Å². The summed E-state index contributed by atoms with van der Waals surface area (Å²) in [6, 6.07) is 12.7. The van der Waals surface area contributed by atoms with Crippen LogP contribution in [0.2, 0.25) is 0 Å². The van der Waals surface area contributed by atoms with Crippen LogP contribution in [0.4, 0.5) is 0 Å². The summed E-state index contributed by atoms with van der Waals surface area (Å²) >= 11 is 1.72. The van der Waals surface area contributed by atoms with Gasteiger partial charge in [-0.1, -0.05) is 54.6 Å². The van der Waals surface area contributed by atoms with Gasteiger partial charge in [-0.3, -0.25) is 0 Å². The van der Waals surface area contributed by atoms with E-state index in [9.17, 15) is 0 Å². The second-order valence-corrected chi connectivity index (χ2v) is 7.81. The first-order chi connectivity index (χ1) is 12.4. The normalized spacial score (nSPS) is 16.3. The van der Waals surface area contributed by atoms with Crippen molar-refractivity contribution in [2.24, 2.45) is 0 Å². The maximum Gasteiger partial charge on any atom is 0.209 e. The average molecular weight is 348 g/mol. The summed E-state index contributed by atoms with van der Waals surface area (Å²) in [5.41, 5.74) is 4.26. The molecular weight excluding hydrogens is 328 g/mol. The largest absolute Gasteiger partial charge is 0.303 e. The molecule has 2 heterocycles. The molecule has 126 valence electrons. The lowest BCUT2D eigenvalue weighted by molar-refractivity contribution is 0.242. The smallest absolute Gasteiger partial charge is 0.209 e. The first-order valence-corrected chi connectivity index (χ1v) is 10.0. The van der Waals surface area contributed by atoms with Gasteiger partial charge in [-0.05, 0) is 31.3 Å². The van der Waals surface area contributed by atoms with E-state index in [1.165, 1.54) is 48.7 Å². The number of piperidine rings is 1. The number of nitrogens with zero attached hydrogens (tertiary/aromatic N) is 4. The highest BCUT2D eigenvalue weighted by atomic mass is 32.2. The number of likely N-dealkylation sites (tertiary alicyclic amines) is 1. The summed E-state index contributed by atoms with van der Waals surface area (Å²) in [6.07, 6.45) is 4.06. The molecule has 1 aliphatic heterocycles. The Bertz CT molecular complexity index is 929. The van der Waals surface area contributed by atoms with Crippen molar-refractivity contribution in [1.82, 2.24) is 20.1 Å². The molecule has 3 aromatic rings. The van der Waals surface area contributed by atoms with Gasteiger partial charge in [0.25, 0.3) is 0 Å². The van der Waals surface area contributed by atoms with Crippen molar-refractivity contribution in [2.75, 3.05) is 25.4 Å². The Morgan fingerprint density at radius 3 is 2.44 bits per heavy atom. The van der Waals surface area contributed by atoms with E-state index in [2.05, 4.69) is 51.5 Å².